The highest BCUT2D eigenvalue weighted by molar-refractivity contribution is 4.65. The minimum absolute atomic E-state index is 0.500. The van der Waals surface area contributed by atoms with Crippen LogP contribution < -0.4 is 0 Å². The van der Waals surface area contributed by atoms with Gasteiger partial charge in [0.05, 0.1) is 0 Å². The monoisotopic (exact) mass is 1100 g/mol. The molecule has 0 saturated heterocycles. The van der Waals surface area contributed by atoms with Crippen molar-refractivity contribution in [2.45, 2.75) is 419 Å². The van der Waals surface area contributed by atoms with Crippen LogP contribution in [0.4, 0.5) is 0 Å². The highest BCUT2D eigenvalue weighted by Crippen LogP contribution is 2.25. The van der Waals surface area contributed by atoms with E-state index in [9.17, 15) is 0 Å². The van der Waals surface area contributed by atoms with Crippen LogP contribution in [0.1, 0.15) is 419 Å². The van der Waals surface area contributed by atoms with Crippen molar-refractivity contribution >= 4 is 0 Å². The van der Waals surface area contributed by atoms with Crippen LogP contribution in [0.2, 0.25) is 0 Å². The van der Waals surface area contributed by atoms with E-state index in [1.807, 2.05) is 0 Å². The van der Waals surface area contributed by atoms with Crippen LogP contribution in [0.15, 0.2) is 0 Å². The molecular weight excluding hydrogens is 925 g/mol. The maximum Gasteiger partial charge on any atom is -0.0359 e. The molecule has 0 bridgehead atoms. The minimum Gasteiger partial charge on any atom is -0.0654 e. The molecule has 3 unspecified atom stereocenters. The Bertz CT molecular complexity index is 870. The minimum atomic E-state index is 0.500. The van der Waals surface area contributed by atoms with E-state index in [2.05, 4.69) is 291 Å². The van der Waals surface area contributed by atoms with E-state index >= 15 is 0 Å². The van der Waals surface area contributed by atoms with Crippen molar-refractivity contribution in [3.05, 3.63) is 0 Å². The first-order chi connectivity index (χ1) is 34.8. The van der Waals surface area contributed by atoms with Gasteiger partial charge in [-0.25, -0.2) is 0 Å². The van der Waals surface area contributed by atoms with Crippen molar-refractivity contribution in [3.8, 4) is 0 Å². The molecular formula is C77H176. The van der Waals surface area contributed by atoms with Gasteiger partial charge in [-0.05, 0) is 106 Å². The fraction of sp³-hybridized carbons (Fsp3) is 1.00. The Hall–Kier alpha value is 0. The maximum absolute atomic E-state index is 2.31. The van der Waals surface area contributed by atoms with Crippen LogP contribution >= 0.6 is 0 Å². The van der Waals surface area contributed by atoms with Crippen molar-refractivity contribution in [2.24, 2.45) is 86.3 Å². The van der Waals surface area contributed by atoms with Crippen LogP contribution in [0.25, 0.3) is 0 Å². The second-order valence-electron chi connectivity index (χ2n) is 30.9. The summed E-state index contributed by atoms with van der Waals surface area (Å²) in [5, 5.41) is 0. The molecule has 0 spiro atoms. The third-order valence-electron chi connectivity index (χ3n) is 16.8. The number of hydrogen-bond donors (Lipinski definition) is 0. The third kappa shape index (κ3) is 124. The van der Waals surface area contributed by atoms with Crippen molar-refractivity contribution in [2.75, 3.05) is 0 Å². The van der Waals surface area contributed by atoms with Gasteiger partial charge in [0.1, 0.15) is 0 Å². The first kappa shape index (κ1) is 102. The van der Waals surface area contributed by atoms with Gasteiger partial charge in [-0.15, -0.1) is 0 Å². The molecule has 0 aliphatic carbocycles. The fourth-order valence-electron chi connectivity index (χ4n) is 6.15. The molecule has 0 saturated carbocycles. The van der Waals surface area contributed by atoms with Crippen LogP contribution in [0.5, 0.6) is 0 Å². The van der Waals surface area contributed by atoms with Crippen molar-refractivity contribution in [1.29, 1.82) is 0 Å². The van der Waals surface area contributed by atoms with Gasteiger partial charge in [0.2, 0.25) is 0 Å². The van der Waals surface area contributed by atoms with Gasteiger partial charge in [0.25, 0.3) is 0 Å². The molecule has 0 aliphatic heterocycles. The summed E-state index contributed by atoms with van der Waals surface area (Å²) in [6, 6.07) is 0. The molecule has 0 radical (unpaired) electrons. The number of rotatable bonds is 21. The predicted molar refractivity (Wildman–Crippen MR) is 378 cm³/mol. The summed E-state index contributed by atoms with van der Waals surface area (Å²) in [5.41, 5.74) is 2.77. The average Bonchev–Trinajstić information content (AvgIpc) is 3.32. The normalized spacial score (nSPS) is 12.8. The number of hydrogen-bond acceptors (Lipinski definition) is 0. The van der Waals surface area contributed by atoms with E-state index in [4.69, 9.17) is 0 Å². The summed E-state index contributed by atoms with van der Waals surface area (Å²) in [6.45, 7) is 95.1. The average molecular weight is 1100 g/mol. The van der Waals surface area contributed by atoms with Gasteiger partial charge in [-0.3, -0.25) is 0 Å². The molecule has 0 aliphatic rings. The standard InChI is InChI=1S/11C7H16/c1-6(2)7(3,4)5;1-6(2)5-7(3)4;2*1-5-6-7(2,3)4;2*1-5-7(3,4)6-2;2*1-5-7(4)6(2)3;2*1-4-6-7(3)5-2;1-4-7(5-2)6-3/h6H,1-5H3;6-7H,5H2,1-4H3;4*5-6H2,1-4H3;2*6-7H,5H2,1-4H3;3*7H,4-6H2,1-3H3/t;;;;;;7-;;;;/m......0..../s1. The Balaban J connectivity index is -0.0000000691. The largest absolute Gasteiger partial charge is 0.0654 e. The summed E-state index contributed by atoms with van der Waals surface area (Å²) < 4.78 is 0. The Kier molecular flexibility index (Phi) is 88.6. The van der Waals surface area contributed by atoms with E-state index in [0.717, 1.165) is 59.2 Å². The quantitative estimate of drug-likeness (QED) is 0.107. The lowest BCUT2D eigenvalue weighted by molar-refractivity contribution is 0.283. The summed E-state index contributed by atoms with van der Waals surface area (Å²) in [5.74, 6) is 8.97. The van der Waals surface area contributed by atoms with Gasteiger partial charge >= 0.3 is 0 Å². The first-order valence-corrected chi connectivity index (χ1v) is 34.8. The van der Waals surface area contributed by atoms with Crippen molar-refractivity contribution < 1.29 is 0 Å². The van der Waals surface area contributed by atoms with Crippen molar-refractivity contribution in [3.63, 3.8) is 0 Å². The third-order valence-corrected chi connectivity index (χ3v) is 16.8. The lowest BCUT2D eigenvalue weighted by atomic mass is 9.84. The zero-order chi connectivity index (χ0) is 64.4. The molecule has 0 nitrogen and oxygen atoms in total. The lowest BCUT2D eigenvalue weighted by Crippen LogP contribution is -2.12. The summed E-state index contributed by atoms with van der Waals surface area (Å²) >= 11 is 0. The molecule has 0 heteroatoms. The van der Waals surface area contributed by atoms with E-state index < -0.39 is 0 Å². The summed E-state index contributed by atoms with van der Waals surface area (Å²) in [4.78, 5) is 0. The molecule has 0 N–H and O–H groups in total. The van der Waals surface area contributed by atoms with Crippen LogP contribution in [0.3, 0.4) is 0 Å². The topological polar surface area (TPSA) is 0 Å². The second kappa shape index (κ2) is 66.8. The predicted octanol–water partition coefficient (Wildman–Crippen LogP) is 30.6. The SMILES string of the molecule is CC(C)C(C)(C)C.CC(C)CC(C)C.CCC(C)(C)CC.CCC(C)(C)CC.CCC(C)C(C)C.CCC(CC)CC.CCCC(C)(C)C.CCCC(C)(C)C.CCCC(C)CC.CCCC(C)CC.CC[C@H](C)C(C)C. The zero-order valence-electron chi connectivity index (χ0n) is 64.4. The molecule has 0 heterocycles. The lowest BCUT2D eigenvalue weighted by Gasteiger charge is -2.22. The molecule has 0 aromatic rings. The second-order valence-corrected chi connectivity index (χ2v) is 30.9. The van der Waals surface area contributed by atoms with Crippen LogP contribution in [0, 0.1) is 86.3 Å². The van der Waals surface area contributed by atoms with Crippen molar-refractivity contribution in [1.82, 2.24) is 0 Å². The zero-order valence-corrected chi connectivity index (χ0v) is 64.4. The van der Waals surface area contributed by atoms with E-state index in [1.54, 1.807) is 0 Å². The fourth-order valence-corrected chi connectivity index (χ4v) is 6.15. The Labute approximate surface area is 503 Å². The van der Waals surface area contributed by atoms with Gasteiger partial charge in [0.15, 0.2) is 0 Å². The summed E-state index contributed by atoms with van der Waals surface area (Å²) in [7, 11) is 0. The first-order valence-electron chi connectivity index (χ1n) is 34.8. The highest BCUT2D eigenvalue weighted by atomic mass is 14.2. The molecule has 0 amide bonds. The molecule has 0 aromatic heterocycles. The molecule has 0 fully saturated rings. The Morgan fingerprint density at radius 3 is 0.519 bits per heavy atom. The smallest absolute Gasteiger partial charge is 0.0359 e. The Morgan fingerprint density at radius 2 is 0.506 bits per heavy atom. The summed E-state index contributed by atoms with van der Waals surface area (Å²) in [6.07, 6.45) is 26.7. The Morgan fingerprint density at radius 1 is 0.286 bits per heavy atom. The molecule has 484 valence electrons. The van der Waals surface area contributed by atoms with E-state index in [0.29, 0.717) is 27.1 Å². The maximum atomic E-state index is 2.31. The van der Waals surface area contributed by atoms with Gasteiger partial charge in [-0.1, -0.05) is 400 Å². The molecule has 4 atom stereocenters. The van der Waals surface area contributed by atoms with Gasteiger partial charge < -0.3 is 0 Å². The van der Waals surface area contributed by atoms with Gasteiger partial charge in [0, 0.05) is 0 Å². The van der Waals surface area contributed by atoms with Gasteiger partial charge in [-0.2, -0.15) is 0 Å². The molecule has 77 heavy (non-hydrogen) atoms. The van der Waals surface area contributed by atoms with Crippen LogP contribution in [-0.2, 0) is 0 Å². The molecule has 0 aromatic carbocycles. The van der Waals surface area contributed by atoms with E-state index in [1.165, 1.54) is 128 Å². The van der Waals surface area contributed by atoms with E-state index in [-0.39, 0.29) is 0 Å². The van der Waals surface area contributed by atoms with Crippen LogP contribution in [-0.4, -0.2) is 0 Å². The highest BCUT2D eigenvalue weighted by Gasteiger charge is 2.14. The molecule has 0 rings (SSSR count).